The Balaban J connectivity index is 0.000000106. The Morgan fingerprint density at radius 3 is 0.545 bits per heavy atom. The van der Waals surface area contributed by atoms with Gasteiger partial charge in [0.05, 0.1) is 77.6 Å². The van der Waals surface area contributed by atoms with E-state index < -0.39 is 0 Å². The Bertz CT molecular complexity index is 8920. The van der Waals surface area contributed by atoms with Gasteiger partial charge in [-0.05, 0) is 236 Å². The normalized spacial score (nSPS) is 11.7. The molecule has 0 aliphatic rings. The summed E-state index contributed by atoms with van der Waals surface area (Å²) < 4.78 is 14.4. The molecule has 6 heterocycles. The van der Waals surface area contributed by atoms with E-state index in [-0.39, 0.29) is 0 Å². The topological polar surface area (TPSA) is 29.6 Å². The van der Waals surface area contributed by atoms with Crippen molar-refractivity contribution >= 4 is 152 Å². The number of para-hydroxylation sites is 8. The van der Waals surface area contributed by atoms with Crippen LogP contribution in [0.5, 0.6) is 0 Å². The van der Waals surface area contributed by atoms with E-state index in [0.717, 1.165) is 11.4 Å². The fourth-order valence-corrected chi connectivity index (χ4v) is 21.4. The van der Waals surface area contributed by atoms with Gasteiger partial charge >= 0.3 is 0 Å². The number of aromatic nitrogens is 6. The lowest BCUT2D eigenvalue weighted by Crippen LogP contribution is -1.95. The van der Waals surface area contributed by atoms with Crippen molar-refractivity contribution in [2.45, 2.75) is 0 Å². The highest BCUT2D eigenvalue weighted by molar-refractivity contribution is 6.18. The molecule has 28 aromatic rings. The molecule has 0 saturated carbocycles. The molecular formula is C128H84N6. The largest absolute Gasteiger partial charge is 0.309 e. The van der Waals surface area contributed by atoms with Gasteiger partial charge in [-0.15, -0.1) is 0 Å². The van der Waals surface area contributed by atoms with Crippen LogP contribution in [0, 0.1) is 0 Å². The van der Waals surface area contributed by atoms with Gasteiger partial charge < -0.3 is 27.4 Å². The number of hydrogen-bond acceptors (Lipinski definition) is 0. The van der Waals surface area contributed by atoms with E-state index in [1.165, 1.54) is 231 Å². The summed E-state index contributed by atoms with van der Waals surface area (Å²) in [6.07, 6.45) is 0. The maximum absolute atomic E-state index is 2.43. The smallest absolute Gasteiger partial charge is 0.0541 e. The van der Waals surface area contributed by atoms with Crippen LogP contribution in [-0.4, -0.2) is 27.4 Å². The molecule has 6 heteroatoms. The zero-order valence-corrected chi connectivity index (χ0v) is 73.2. The summed E-state index contributed by atoms with van der Waals surface area (Å²) in [4.78, 5) is 0. The third kappa shape index (κ3) is 12.9. The molecule has 28 rings (SSSR count). The van der Waals surface area contributed by atoms with Crippen molar-refractivity contribution in [1.82, 2.24) is 27.4 Å². The lowest BCUT2D eigenvalue weighted by Gasteiger charge is -2.12. The van der Waals surface area contributed by atoms with E-state index in [1.807, 2.05) is 0 Å². The Morgan fingerprint density at radius 2 is 0.276 bits per heavy atom. The molecule has 134 heavy (non-hydrogen) atoms. The van der Waals surface area contributed by atoms with Gasteiger partial charge in [0.15, 0.2) is 0 Å². The first-order chi connectivity index (χ1) is 66.5. The highest BCUT2D eigenvalue weighted by Crippen LogP contribution is 2.46. The van der Waals surface area contributed by atoms with Crippen molar-refractivity contribution in [3.63, 3.8) is 0 Å². The maximum atomic E-state index is 2.43. The first kappa shape index (κ1) is 77.3. The van der Waals surface area contributed by atoms with Gasteiger partial charge in [-0.1, -0.05) is 340 Å². The van der Waals surface area contributed by atoms with Crippen molar-refractivity contribution < 1.29 is 0 Å². The minimum absolute atomic E-state index is 1.16. The van der Waals surface area contributed by atoms with Crippen molar-refractivity contribution in [3.8, 4) is 89.8 Å². The van der Waals surface area contributed by atoms with Crippen LogP contribution in [0.2, 0.25) is 0 Å². The van der Waals surface area contributed by atoms with Crippen molar-refractivity contribution in [2.75, 3.05) is 0 Å². The van der Waals surface area contributed by atoms with Crippen LogP contribution in [0.4, 0.5) is 0 Å². The molecule has 0 radical (unpaired) electrons. The first-order valence-corrected chi connectivity index (χ1v) is 46.1. The van der Waals surface area contributed by atoms with Crippen LogP contribution in [0.15, 0.2) is 510 Å². The summed E-state index contributed by atoms with van der Waals surface area (Å²) in [5.41, 5.74) is 34.0. The molecule has 22 aromatic carbocycles. The summed E-state index contributed by atoms with van der Waals surface area (Å²) in [7, 11) is 0. The summed E-state index contributed by atoms with van der Waals surface area (Å²) in [5.74, 6) is 0. The molecule has 0 aliphatic heterocycles. The fourth-order valence-electron chi connectivity index (χ4n) is 21.4. The zero-order valence-electron chi connectivity index (χ0n) is 73.2. The Kier molecular flexibility index (Phi) is 18.5. The minimum Gasteiger partial charge on any atom is -0.309 e. The van der Waals surface area contributed by atoms with Gasteiger partial charge in [-0.3, -0.25) is 0 Å². The van der Waals surface area contributed by atoms with E-state index in [4.69, 9.17) is 0 Å². The Hall–Kier alpha value is -17.8. The molecule has 0 saturated heterocycles. The molecule has 0 unspecified atom stereocenters. The second-order valence-electron chi connectivity index (χ2n) is 35.0. The number of benzene rings is 22. The highest BCUT2D eigenvalue weighted by Gasteiger charge is 2.23. The van der Waals surface area contributed by atoms with Crippen LogP contribution in [0.25, 0.3) is 242 Å². The molecule has 6 nitrogen and oxygen atoms in total. The molecule has 0 fully saturated rings. The number of fused-ring (bicyclic) bond motifs is 20. The standard InChI is InChI=1S/C48H32N2.C44H28N2.C36H24N2/c1-3-11-33(12-4-1)35-19-25-39(26-20-35)49-45-17-9-7-15-41(45)43-31-37(23-29-47(43)49)38-24-30-48-44(32-38)42-16-8-10-18-46(42)50(48)40-27-21-36(22-28-40)34-13-5-2-6-14-34;1-3-15-33-29(11-1)13-9-21-39(33)45-41-19-7-5-17-35(41)37-27-31(23-25-43(37)45)32-24-26-44-38(28-32)36-18-6-8-20-42(36)46(44)40-22-10-14-30-12-2-4-16-34(30)40;1-3-11-27(12-4-1)37-33-17-9-7-15-29(33)31-23-25(19-21-35(31)37)26-20-22-36-32(24-26)30-16-8-10-18-34(30)38(36)28-13-5-2-6-14-28/h1-32H;1-28H;1-24H. The van der Waals surface area contributed by atoms with Gasteiger partial charge in [0, 0.05) is 98.2 Å². The van der Waals surface area contributed by atoms with Gasteiger partial charge in [0.1, 0.15) is 0 Å². The fraction of sp³-hybridized carbons (Fsp3) is 0. The third-order valence-electron chi connectivity index (χ3n) is 27.5. The van der Waals surface area contributed by atoms with Gasteiger partial charge in [-0.25, -0.2) is 0 Å². The molecule has 0 atom stereocenters. The SMILES string of the molecule is c1ccc(-c2ccc(-n3c4ccccc4c4cc(-c5ccc6c(c5)c5ccccc5n6-c5ccc(-c6ccccc6)cc5)ccc43)cc2)cc1.c1ccc(-n2c3ccccc3c3cc(-c4ccc5c(c4)c4ccccc4n5-c4ccccc4)ccc32)cc1.c1ccc2c(-n3c4ccccc4c4cc(-c5ccc6c(c5)c5ccccc5n6-c5cccc6ccccc56)ccc43)cccc2c1. The molecule has 0 amide bonds. The lowest BCUT2D eigenvalue weighted by molar-refractivity contribution is 1.18. The molecule has 0 bridgehead atoms. The van der Waals surface area contributed by atoms with E-state index in [0.29, 0.717) is 0 Å². The first-order valence-electron chi connectivity index (χ1n) is 46.1. The van der Waals surface area contributed by atoms with E-state index in [9.17, 15) is 0 Å². The predicted molar refractivity (Wildman–Crippen MR) is 568 cm³/mol. The Labute approximate surface area is 773 Å². The monoisotopic (exact) mass is 1700 g/mol. The maximum Gasteiger partial charge on any atom is 0.0541 e. The van der Waals surface area contributed by atoms with Crippen LogP contribution in [0.3, 0.4) is 0 Å². The van der Waals surface area contributed by atoms with E-state index in [2.05, 4.69) is 537 Å². The van der Waals surface area contributed by atoms with E-state index in [1.54, 1.807) is 0 Å². The van der Waals surface area contributed by atoms with Gasteiger partial charge in [0.25, 0.3) is 0 Å². The van der Waals surface area contributed by atoms with E-state index >= 15 is 0 Å². The van der Waals surface area contributed by atoms with Crippen molar-refractivity contribution in [3.05, 3.63) is 510 Å². The quantitative estimate of drug-likeness (QED) is 0.124. The van der Waals surface area contributed by atoms with Crippen LogP contribution in [-0.2, 0) is 0 Å². The van der Waals surface area contributed by atoms with Crippen molar-refractivity contribution in [1.29, 1.82) is 0 Å². The average Bonchev–Trinajstić information content (AvgIpc) is 1.60. The minimum atomic E-state index is 1.16. The molecule has 6 aromatic heterocycles. The molecule has 0 aliphatic carbocycles. The summed E-state index contributed by atoms with van der Waals surface area (Å²) in [6, 6.07) is 185. The molecule has 0 spiro atoms. The summed E-state index contributed by atoms with van der Waals surface area (Å²) >= 11 is 0. The van der Waals surface area contributed by atoms with Crippen LogP contribution in [0.1, 0.15) is 0 Å². The second kappa shape index (κ2) is 32.1. The highest BCUT2D eigenvalue weighted by atomic mass is 15.0. The van der Waals surface area contributed by atoms with Crippen LogP contribution >= 0.6 is 0 Å². The van der Waals surface area contributed by atoms with Gasteiger partial charge in [0.2, 0.25) is 0 Å². The Morgan fingerprint density at radius 1 is 0.0970 bits per heavy atom. The zero-order chi connectivity index (χ0) is 88.3. The predicted octanol–water partition coefficient (Wildman–Crippen LogP) is 34.3. The molecule has 0 N–H and O–H groups in total. The van der Waals surface area contributed by atoms with Gasteiger partial charge in [-0.2, -0.15) is 0 Å². The van der Waals surface area contributed by atoms with Crippen LogP contribution < -0.4 is 0 Å². The third-order valence-corrected chi connectivity index (χ3v) is 27.5. The lowest BCUT2D eigenvalue weighted by atomic mass is 10.0. The number of nitrogens with zero attached hydrogens (tertiary/aromatic N) is 6. The number of rotatable bonds is 11. The number of hydrogen-bond donors (Lipinski definition) is 0. The summed E-state index contributed by atoms with van der Waals surface area (Å²) in [5, 5.41) is 20.2. The van der Waals surface area contributed by atoms with Crippen molar-refractivity contribution in [2.24, 2.45) is 0 Å². The second-order valence-corrected chi connectivity index (χ2v) is 35.0. The summed E-state index contributed by atoms with van der Waals surface area (Å²) in [6.45, 7) is 0. The molecule has 626 valence electrons. The molecular weight excluding hydrogens is 1620 g/mol. The average molecular weight is 1710 g/mol.